The van der Waals surface area contributed by atoms with Crippen molar-refractivity contribution >= 4 is 6.09 Å². The van der Waals surface area contributed by atoms with Crippen molar-refractivity contribution in [2.24, 2.45) is 0 Å². The van der Waals surface area contributed by atoms with Gasteiger partial charge in [-0.15, -0.1) is 0 Å². The smallest absolute Gasteiger partial charge is 0.407 e. The zero-order valence-corrected chi connectivity index (χ0v) is 7.52. The van der Waals surface area contributed by atoms with E-state index in [2.05, 4.69) is 0 Å². The first-order valence-electron chi connectivity index (χ1n) is 4.89. The maximum absolute atomic E-state index is 10.9. The van der Waals surface area contributed by atoms with Gasteiger partial charge in [-0.2, -0.15) is 0 Å². The highest BCUT2D eigenvalue weighted by Gasteiger charge is 2.41. The van der Waals surface area contributed by atoms with Gasteiger partial charge < -0.3 is 10.2 Å². The molecule has 4 nitrogen and oxygen atoms in total. The summed E-state index contributed by atoms with van der Waals surface area (Å²) >= 11 is 0. The number of carbonyl (C=O) groups is 1. The van der Waals surface area contributed by atoms with Crippen LogP contribution in [0.3, 0.4) is 0 Å². The number of hydrogen-bond donors (Lipinski definition) is 2. The number of rotatable bonds is 0. The topological polar surface area (TPSA) is 60.8 Å². The van der Waals surface area contributed by atoms with E-state index >= 15 is 0 Å². The predicted molar refractivity (Wildman–Crippen MR) is 46.5 cm³/mol. The van der Waals surface area contributed by atoms with Crippen LogP contribution in [-0.2, 0) is 0 Å². The van der Waals surface area contributed by atoms with E-state index in [1.807, 2.05) is 0 Å². The van der Waals surface area contributed by atoms with Crippen molar-refractivity contribution in [3.8, 4) is 0 Å². The molecule has 4 heteroatoms. The summed E-state index contributed by atoms with van der Waals surface area (Å²) in [5, 5.41) is 18.6. The molecule has 0 saturated carbocycles. The Kier molecular flexibility index (Phi) is 2.15. The molecule has 2 bridgehead atoms. The van der Waals surface area contributed by atoms with Gasteiger partial charge in [0.25, 0.3) is 0 Å². The van der Waals surface area contributed by atoms with Crippen molar-refractivity contribution < 1.29 is 15.0 Å². The normalized spacial score (nSPS) is 38.8. The molecular formula is C9H15NO3. The minimum Gasteiger partial charge on any atom is -0.465 e. The molecule has 0 spiro atoms. The molecular weight excluding hydrogens is 170 g/mol. The predicted octanol–water partition coefficient (Wildman–Crippen LogP) is 1.04. The third kappa shape index (κ3) is 1.39. The van der Waals surface area contributed by atoms with Gasteiger partial charge >= 0.3 is 6.09 Å². The number of piperidine rings is 2. The summed E-state index contributed by atoms with van der Waals surface area (Å²) in [6, 6.07) is 0.0321. The number of amides is 1. The second kappa shape index (κ2) is 3.18. The summed E-state index contributed by atoms with van der Waals surface area (Å²) in [6.45, 7) is 0. The average Bonchev–Trinajstić information content (AvgIpc) is 2.11. The van der Waals surface area contributed by atoms with Gasteiger partial charge in [0, 0.05) is 6.04 Å². The number of nitrogens with zero attached hydrogens (tertiary/aromatic N) is 1. The van der Waals surface area contributed by atoms with Gasteiger partial charge in [-0.05, 0) is 32.1 Å². The Morgan fingerprint density at radius 1 is 1.23 bits per heavy atom. The van der Waals surface area contributed by atoms with Crippen LogP contribution in [0.1, 0.15) is 32.1 Å². The zero-order chi connectivity index (χ0) is 9.42. The highest BCUT2D eigenvalue weighted by atomic mass is 16.4. The molecule has 0 radical (unpaired) electrons. The van der Waals surface area contributed by atoms with Gasteiger partial charge in [0.15, 0.2) is 0 Å². The van der Waals surface area contributed by atoms with Crippen molar-refractivity contribution in [3.63, 3.8) is 0 Å². The number of carboxylic acid groups (broad SMARTS) is 1. The van der Waals surface area contributed by atoms with E-state index in [4.69, 9.17) is 5.11 Å². The standard InChI is InChI=1S/C9H15NO3/c11-8-5-4-6-2-1-3-7(8)10(6)9(12)13/h6-8,11H,1-5H2,(H,12,13)/t6-,7+,8+/m1/s1. The van der Waals surface area contributed by atoms with Crippen LogP contribution in [0, 0.1) is 0 Å². The first-order valence-corrected chi connectivity index (χ1v) is 4.89. The first-order chi connectivity index (χ1) is 6.20. The minimum absolute atomic E-state index is 0.134. The number of aliphatic hydroxyl groups excluding tert-OH is 1. The highest BCUT2D eigenvalue weighted by Crippen LogP contribution is 2.33. The van der Waals surface area contributed by atoms with Gasteiger partial charge in [-0.25, -0.2) is 4.79 Å². The quantitative estimate of drug-likeness (QED) is 0.592. The van der Waals surface area contributed by atoms with Crippen molar-refractivity contribution in [2.75, 3.05) is 0 Å². The van der Waals surface area contributed by atoms with Gasteiger partial charge in [0.2, 0.25) is 0 Å². The molecule has 1 amide bonds. The molecule has 2 aliphatic rings. The van der Waals surface area contributed by atoms with Crippen LogP contribution in [0.5, 0.6) is 0 Å². The minimum atomic E-state index is -0.867. The van der Waals surface area contributed by atoms with Crippen LogP contribution in [-0.4, -0.2) is 39.4 Å². The average molecular weight is 185 g/mol. The molecule has 3 atom stereocenters. The van der Waals surface area contributed by atoms with E-state index in [1.165, 1.54) is 4.90 Å². The lowest BCUT2D eigenvalue weighted by atomic mass is 9.83. The highest BCUT2D eigenvalue weighted by molar-refractivity contribution is 5.66. The Morgan fingerprint density at radius 2 is 2.00 bits per heavy atom. The Balaban J connectivity index is 2.18. The molecule has 2 fully saturated rings. The van der Waals surface area contributed by atoms with E-state index in [-0.39, 0.29) is 12.1 Å². The number of fused-ring (bicyclic) bond motifs is 2. The van der Waals surface area contributed by atoms with Crippen LogP contribution in [0.25, 0.3) is 0 Å². The van der Waals surface area contributed by atoms with E-state index in [0.29, 0.717) is 0 Å². The van der Waals surface area contributed by atoms with E-state index in [0.717, 1.165) is 32.1 Å². The Hall–Kier alpha value is -0.770. The fourth-order valence-corrected chi connectivity index (χ4v) is 2.63. The number of hydrogen-bond acceptors (Lipinski definition) is 2. The largest absolute Gasteiger partial charge is 0.465 e. The van der Waals surface area contributed by atoms with Crippen LogP contribution < -0.4 is 0 Å². The molecule has 74 valence electrons. The monoisotopic (exact) mass is 185 g/mol. The second-order valence-corrected chi connectivity index (χ2v) is 3.99. The first kappa shape index (κ1) is 8.81. The zero-order valence-electron chi connectivity index (χ0n) is 7.52. The van der Waals surface area contributed by atoms with Crippen molar-refractivity contribution in [2.45, 2.75) is 50.3 Å². The SMILES string of the molecule is O=C(O)N1[C@@H]2CCC[C@H]1[C@@H](O)CC2. The van der Waals surface area contributed by atoms with E-state index < -0.39 is 12.2 Å². The van der Waals surface area contributed by atoms with Crippen LogP contribution in [0.15, 0.2) is 0 Å². The second-order valence-electron chi connectivity index (χ2n) is 3.99. The summed E-state index contributed by atoms with van der Waals surface area (Å²) in [5.74, 6) is 0. The third-order valence-electron chi connectivity index (χ3n) is 3.25. The van der Waals surface area contributed by atoms with Gasteiger partial charge in [0.05, 0.1) is 12.1 Å². The van der Waals surface area contributed by atoms with Crippen molar-refractivity contribution in [3.05, 3.63) is 0 Å². The summed E-state index contributed by atoms with van der Waals surface area (Å²) in [6.07, 6.45) is 3.12. The molecule has 2 rings (SSSR count). The van der Waals surface area contributed by atoms with Crippen LogP contribution >= 0.6 is 0 Å². The Bertz CT molecular complexity index is 219. The van der Waals surface area contributed by atoms with Gasteiger partial charge in [0.1, 0.15) is 0 Å². The van der Waals surface area contributed by atoms with Crippen LogP contribution in [0.2, 0.25) is 0 Å². The van der Waals surface area contributed by atoms with Crippen molar-refractivity contribution in [1.29, 1.82) is 0 Å². The Morgan fingerprint density at radius 3 is 2.62 bits per heavy atom. The molecule has 0 aromatic rings. The van der Waals surface area contributed by atoms with Crippen LogP contribution in [0.4, 0.5) is 4.79 Å². The fraction of sp³-hybridized carbons (Fsp3) is 0.889. The number of aliphatic hydroxyl groups is 1. The fourth-order valence-electron chi connectivity index (χ4n) is 2.63. The summed E-state index contributed by atoms with van der Waals surface area (Å²) in [4.78, 5) is 12.4. The summed E-state index contributed by atoms with van der Waals surface area (Å²) in [5.41, 5.74) is 0. The molecule has 13 heavy (non-hydrogen) atoms. The molecule has 0 aliphatic carbocycles. The van der Waals surface area contributed by atoms with Gasteiger partial charge in [-0.3, -0.25) is 4.90 Å². The van der Waals surface area contributed by atoms with E-state index in [1.54, 1.807) is 0 Å². The molecule has 2 aliphatic heterocycles. The molecule has 2 N–H and O–H groups in total. The third-order valence-corrected chi connectivity index (χ3v) is 3.25. The van der Waals surface area contributed by atoms with Gasteiger partial charge in [-0.1, -0.05) is 0 Å². The molecule has 0 unspecified atom stereocenters. The Labute approximate surface area is 77.2 Å². The lowest BCUT2D eigenvalue weighted by Crippen LogP contribution is -2.57. The lowest BCUT2D eigenvalue weighted by Gasteiger charge is -2.46. The van der Waals surface area contributed by atoms with E-state index in [9.17, 15) is 9.90 Å². The molecule has 2 saturated heterocycles. The molecule has 0 aromatic carbocycles. The maximum Gasteiger partial charge on any atom is 0.407 e. The maximum atomic E-state index is 10.9. The molecule has 0 aromatic heterocycles. The summed E-state index contributed by atoms with van der Waals surface area (Å²) in [7, 11) is 0. The summed E-state index contributed by atoms with van der Waals surface area (Å²) < 4.78 is 0. The van der Waals surface area contributed by atoms with Crippen molar-refractivity contribution in [1.82, 2.24) is 4.90 Å². The molecule has 2 heterocycles. The lowest BCUT2D eigenvalue weighted by molar-refractivity contribution is -0.0352.